The highest BCUT2D eigenvalue weighted by atomic mass is 32.2. The van der Waals surface area contributed by atoms with Gasteiger partial charge < -0.3 is 5.32 Å². The predicted octanol–water partition coefficient (Wildman–Crippen LogP) is 2.62. The third-order valence-electron chi connectivity index (χ3n) is 2.02. The van der Waals surface area contributed by atoms with Gasteiger partial charge in [-0.1, -0.05) is 27.7 Å². The normalized spacial score (nSPS) is 11.4. The van der Waals surface area contributed by atoms with Gasteiger partial charge in [0.05, 0.1) is 5.75 Å². The second-order valence-electron chi connectivity index (χ2n) is 4.40. The Hall–Kier alpha value is -0.610. The minimum atomic E-state index is 0.496. The van der Waals surface area contributed by atoms with E-state index >= 15 is 0 Å². The van der Waals surface area contributed by atoms with E-state index < -0.39 is 0 Å². The molecule has 0 aliphatic rings. The molecule has 1 aromatic heterocycles. The van der Waals surface area contributed by atoms with Crippen LogP contribution >= 0.6 is 11.8 Å². The highest BCUT2D eigenvalue weighted by Gasteiger charge is 2.01. The van der Waals surface area contributed by atoms with Crippen LogP contribution in [0.5, 0.6) is 0 Å². The fourth-order valence-corrected chi connectivity index (χ4v) is 1.74. The van der Waals surface area contributed by atoms with E-state index in [1.165, 1.54) is 0 Å². The highest BCUT2D eigenvalue weighted by Crippen LogP contribution is 2.13. The zero-order valence-corrected chi connectivity index (χ0v) is 11.3. The molecule has 1 rings (SSSR count). The number of hydrogen-bond donors (Lipinski definition) is 1. The van der Waals surface area contributed by atoms with E-state index in [-0.39, 0.29) is 0 Å². The molecule has 0 unspecified atom stereocenters. The van der Waals surface area contributed by atoms with Crippen molar-refractivity contribution < 1.29 is 0 Å². The summed E-state index contributed by atoms with van der Waals surface area (Å²) in [6.45, 7) is 9.48. The van der Waals surface area contributed by atoms with E-state index in [0.717, 1.165) is 23.7 Å². The third-order valence-corrected chi connectivity index (χ3v) is 3.11. The molecule has 0 spiro atoms. The summed E-state index contributed by atoms with van der Waals surface area (Å²) in [5.74, 6) is 1.82. The summed E-state index contributed by atoms with van der Waals surface area (Å²) in [5.41, 5.74) is 1.15. The van der Waals surface area contributed by atoms with Crippen LogP contribution in [0.25, 0.3) is 0 Å². The van der Waals surface area contributed by atoms with Crippen LogP contribution in [0.4, 0.5) is 0 Å². The fourth-order valence-electron chi connectivity index (χ4n) is 1.11. The lowest BCUT2D eigenvalue weighted by Crippen LogP contribution is -2.22. The lowest BCUT2D eigenvalue weighted by Gasteiger charge is -2.08. The predicted molar refractivity (Wildman–Crippen MR) is 70.4 cm³/mol. The molecule has 0 saturated heterocycles. The van der Waals surface area contributed by atoms with E-state index in [1.54, 1.807) is 0 Å². The van der Waals surface area contributed by atoms with E-state index in [9.17, 15) is 0 Å². The molecule has 90 valence electrons. The monoisotopic (exact) mass is 239 g/mol. The average Bonchev–Trinajstić information content (AvgIpc) is 2.25. The highest BCUT2D eigenvalue weighted by molar-refractivity contribution is 7.99. The lowest BCUT2D eigenvalue weighted by molar-refractivity contribution is 0.586. The van der Waals surface area contributed by atoms with Crippen LogP contribution in [0.15, 0.2) is 12.4 Å². The van der Waals surface area contributed by atoms with Gasteiger partial charge in [-0.05, 0) is 5.25 Å². The van der Waals surface area contributed by atoms with Crippen molar-refractivity contribution in [1.29, 1.82) is 0 Å². The van der Waals surface area contributed by atoms with Crippen molar-refractivity contribution in [3.05, 3.63) is 23.8 Å². The molecule has 1 N–H and O–H groups in total. The largest absolute Gasteiger partial charge is 0.310 e. The maximum absolute atomic E-state index is 4.36. The Balaban J connectivity index is 2.41. The van der Waals surface area contributed by atoms with Gasteiger partial charge in [0.15, 0.2) is 0 Å². The lowest BCUT2D eigenvalue weighted by atomic mass is 10.3. The van der Waals surface area contributed by atoms with Gasteiger partial charge in [0, 0.05) is 30.5 Å². The second-order valence-corrected chi connectivity index (χ2v) is 5.97. The van der Waals surface area contributed by atoms with Gasteiger partial charge in [-0.25, -0.2) is 9.97 Å². The summed E-state index contributed by atoms with van der Waals surface area (Å²) in [6, 6.07) is 0.496. The molecule has 0 radical (unpaired) electrons. The van der Waals surface area contributed by atoms with Gasteiger partial charge in [0.2, 0.25) is 0 Å². The summed E-state index contributed by atoms with van der Waals surface area (Å²) < 4.78 is 0. The maximum atomic E-state index is 4.36. The molecule has 0 aromatic carbocycles. The minimum absolute atomic E-state index is 0.496. The standard InChI is InChI=1S/C12H21N3S/c1-9(2)13-5-11-6-14-12(15-7-11)8-16-10(3)4/h6-7,9-10,13H,5,8H2,1-4H3. The van der Waals surface area contributed by atoms with Gasteiger partial charge in [-0.3, -0.25) is 0 Å². The first-order chi connectivity index (χ1) is 7.58. The first-order valence-corrected chi connectivity index (χ1v) is 6.77. The van der Waals surface area contributed by atoms with Crippen LogP contribution in [0, 0.1) is 0 Å². The molecule has 3 nitrogen and oxygen atoms in total. The van der Waals surface area contributed by atoms with Crippen LogP contribution in [0.2, 0.25) is 0 Å². The molecule has 0 aliphatic carbocycles. The fraction of sp³-hybridized carbons (Fsp3) is 0.667. The second kappa shape index (κ2) is 6.86. The Labute approximate surface area is 102 Å². The number of hydrogen-bond acceptors (Lipinski definition) is 4. The maximum Gasteiger partial charge on any atom is 0.138 e. The van der Waals surface area contributed by atoms with Crippen molar-refractivity contribution in [3.63, 3.8) is 0 Å². The zero-order chi connectivity index (χ0) is 12.0. The van der Waals surface area contributed by atoms with Crippen molar-refractivity contribution in [3.8, 4) is 0 Å². The number of thioether (sulfide) groups is 1. The smallest absolute Gasteiger partial charge is 0.138 e. The third kappa shape index (κ3) is 5.47. The number of aromatic nitrogens is 2. The van der Waals surface area contributed by atoms with Crippen molar-refractivity contribution in [2.75, 3.05) is 0 Å². The Morgan fingerprint density at radius 3 is 2.31 bits per heavy atom. The van der Waals surface area contributed by atoms with E-state index in [2.05, 4.69) is 43.0 Å². The molecule has 0 saturated carbocycles. The van der Waals surface area contributed by atoms with Crippen LogP contribution in [-0.2, 0) is 12.3 Å². The topological polar surface area (TPSA) is 37.8 Å². The molecule has 16 heavy (non-hydrogen) atoms. The summed E-state index contributed by atoms with van der Waals surface area (Å²) in [6.07, 6.45) is 3.83. The molecular formula is C12H21N3S. The van der Waals surface area contributed by atoms with Gasteiger partial charge in [0.1, 0.15) is 5.82 Å². The zero-order valence-electron chi connectivity index (χ0n) is 10.5. The number of nitrogens with one attached hydrogen (secondary N) is 1. The molecule has 1 heterocycles. The van der Waals surface area contributed by atoms with E-state index in [0.29, 0.717) is 11.3 Å². The molecule has 0 aliphatic heterocycles. The molecule has 0 bridgehead atoms. The van der Waals surface area contributed by atoms with Gasteiger partial charge >= 0.3 is 0 Å². The number of rotatable bonds is 6. The Bertz CT molecular complexity index is 265. The Morgan fingerprint density at radius 1 is 1.19 bits per heavy atom. The first-order valence-electron chi connectivity index (χ1n) is 5.72. The van der Waals surface area contributed by atoms with Gasteiger partial charge in [-0.15, -0.1) is 0 Å². The van der Waals surface area contributed by atoms with Crippen molar-refractivity contribution in [2.24, 2.45) is 0 Å². The molecule has 0 amide bonds. The van der Waals surface area contributed by atoms with Gasteiger partial charge in [0.25, 0.3) is 0 Å². The minimum Gasteiger partial charge on any atom is -0.310 e. The first kappa shape index (κ1) is 13.5. The molecule has 0 atom stereocenters. The van der Waals surface area contributed by atoms with Crippen LogP contribution in [-0.4, -0.2) is 21.3 Å². The van der Waals surface area contributed by atoms with Crippen LogP contribution in [0.1, 0.15) is 39.1 Å². The molecule has 1 aromatic rings. The molecule has 0 fully saturated rings. The van der Waals surface area contributed by atoms with E-state index in [1.807, 2.05) is 24.2 Å². The van der Waals surface area contributed by atoms with Gasteiger partial charge in [-0.2, -0.15) is 11.8 Å². The SMILES string of the molecule is CC(C)NCc1cnc(CSC(C)C)nc1. The van der Waals surface area contributed by atoms with E-state index in [4.69, 9.17) is 0 Å². The van der Waals surface area contributed by atoms with Crippen molar-refractivity contribution in [1.82, 2.24) is 15.3 Å². The van der Waals surface area contributed by atoms with Crippen LogP contribution < -0.4 is 5.32 Å². The Morgan fingerprint density at radius 2 is 1.81 bits per heavy atom. The summed E-state index contributed by atoms with van der Waals surface area (Å²) in [7, 11) is 0. The number of nitrogens with zero attached hydrogens (tertiary/aromatic N) is 2. The Kier molecular flexibility index (Phi) is 5.77. The summed E-state index contributed by atoms with van der Waals surface area (Å²) >= 11 is 1.87. The average molecular weight is 239 g/mol. The quantitative estimate of drug-likeness (QED) is 0.828. The summed E-state index contributed by atoms with van der Waals surface area (Å²) in [4.78, 5) is 8.71. The summed E-state index contributed by atoms with van der Waals surface area (Å²) in [5, 5.41) is 3.98. The van der Waals surface area contributed by atoms with Crippen molar-refractivity contribution >= 4 is 11.8 Å². The van der Waals surface area contributed by atoms with Crippen LogP contribution in [0.3, 0.4) is 0 Å². The molecular weight excluding hydrogens is 218 g/mol. The molecule has 4 heteroatoms. The van der Waals surface area contributed by atoms with Crippen molar-refractivity contribution in [2.45, 2.75) is 51.3 Å².